The van der Waals surface area contributed by atoms with Crippen LogP contribution in [0.3, 0.4) is 0 Å². The first kappa shape index (κ1) is 66.2. The predicted molar refractivity (Wildman–Crippen MR) is 271 cm³/mol. The minimum absolute atomic E-state index is 0.167. The van der Waals surface area contributed by atoms with Gasteiger partial charge in [-0.2, -0.15) is 0 Å². The quantitative estimate of drug-likeness (QED) is 0.0237. The van der Waals surface area contributed by atoms with Gasteiger partial charge in [0, 0.05) is 0 Å². The molecule has 18 nitrogen and oxygen atoms in total. The summed E-state index contributed by atoms with van der Waals surface area (Å²) in [4.78, 5) is 24.2. The third-order valence-corrected chi connectivity index (χ3v) is 15.4. The molecule has 12 N–H and O–H groups in total. The van der Waals surface area contributed by atoms with Gasteiger partial charge < -0.3 is 70.7 Å². The summed E-state index contributed by atoms with van der Waals surface area (Å²) in [5.74, 6) is -0.806. The third kappa shape index (κ3) is 27.1. The van der Waals surface area contributed by atoms with Crippen LogP contribution in [0.25, 0.3) is 0 Å². The Kier molecular flexibility index (Phi) is 36.8. The van der Waals surface area contributed by atoms with Crippen molar-refractivity contribution in [1.29, 1.82) is 0 Å². The Balaban J connectivity index is 1.93. The first-order valence-electron chi connectivity index (χ1n) is 28.1. The van der Waals surface area contributed by atoms with Gasteiger partial charge in [0.2, 0.25) is 5.91 Å². The van der Waals surface area contributed by atoms with Crippen molar-refractivity contribution < 1.29 is 83.8 Å². The minimum Gasteiger partial charge on any atom is -0.394 e. The van der Waals surface area contributed by atoms with Crippen molar-refractivity contribution in [3.05, 3.63) is 0 Å². The Morgan fingerprint density at radius 1 is 0.521 bits per heavy atom. The first-order valence-corrected chi connectivity index (χ1v) is 29.6. The van der Waals surface area contributed by atoms with Crippen LogP contribution < -0.4 is 5.32 Å². The maximum absolute atomic E-state index is 13.5. The highest BCUT2D eigenvalue weighted by molar-refractivity contribution is 7.47. The number of aliphatic hydroxyl groups excluding tert-OH is 10. The number of phosphoric ester groups is 1. The number of carbonyl (C=O) groups excluding carboxylic acids is 1. The Labute approximate surface area is 426 Å². The number of aliphatic hydroxyl groups is 10. The summed E-state index contributed by atoms with van der Waals surface area (Å²) in [6, 6.07) is -1.31. The molecule has 1 amide bonds. The molecule has 0 radical (unpaired) electrons. The van der Waals surface area contributed by atoms with Gasteiger partial charge in [-0.25, -0.2) is 4.57 Å². The molecule has 15 atom stereocenters. The van der Waals surface area contributed by atoms with Crippen molar-refractivity contribution in [3.63, 3.8) is 0 Å². The van der Waals surface area contributed by atoms with E-state index in [1.807, 2.05) is 0 Å². The second kappa shape index (κ2) is 39.5. The maximum Gasteiger partial charge on any atom is 0.472 e. The summed E-state index contributed by atoms with van der Waals surface area (Å²) in [6.45, 7) is 2.79. The first-order chi connectivity index (χ1) is 34.1. The fraction of sp³-hybridized carbons (Fsp3) is 0.981. The smallest absolute Gasteiger partial charge is 0.394 e. The number of ether oxygens (including phenoxy) is 2. The second-order valence-electron chi connectivity index (χ2n) is 20.6. The number of unbranched alkanes of at least 4 members (excludes halogenated alkanes) is 29. The highest BCUT2D eigenvalue weighted by Crippen LogP contribution is 2.48. The lowest BCUT2D eigenvalue weighted by Gasteiger charge is -2.47. The fourth-order valence-corrected chi connectivity index (χ4v) is 10.6. The number of rotatable bonds is 44. The van der Waals surface area contributed by atoms with E-state index in [1.54, 1.807) is 0 Å². The molecule has 8 unspecified atom stereocenters. The van der Waals surface area contributed by atoms with E-state index in [2.05, 4.69) is 19.2 Å². The lowest BCUT2D eigenvalue weighted by molar-refractivity contribution is -0.338. The van der Waals surface area contributed by atoms with Crippen molar-refractivity contribution in [1.82, 2.24) is 5.32 Å². The predicted octanol–water partition coefficient (Wildman–Crippen LogP) is 6.25. The molecule has 422 valence electrons. The van der Waals surface area contributed by atoms with Crippen LogP contribution in [0.15, 0.2) is 0 Å². The van der Waals surface area contributed by atoms with E-state index in [0.29, 0.717) is 12.8 Å². The molecule has 0 bridgehead atoms. The molecule has 1 saturated carbocycles. The highest BCUT2D eigenvalue weighted by Gasteiger charge is 2.55. The molecule has 19 heteroatoms. The second-order valence-corrected chi connectivity index (χ2v) is 22.0. The van der Waals surface area contributed by atoms with Crippen molar-refractivity contribution in [2.24, 2.45) is 0 Å². The van der Waals surface area contributed by atoms with E-state index < -0.39 is 113 Å². The summed E-state index contributed by atoms with van der Waals surface area (Å²) in [6.07, 6.45) is 11.8. The lowest BCUT2D eigenvalue weighted by Crippen LogP contribution is -2.67. The van der Waals surface area contributed by atoms with Crippen LogP contribution in [0.5, 0.6) is 0 Å². The van der Waals surface area contributed by atoms with E-state index >= 15 is 0 Å². The molecule has 2 aliphatic rings. The van der Waals surface area contributed by atoms with E-state index in [-0.39, 0.29) is 12.8 Å². The number of hydrogen-bond donors (Lipinski definition) is 12. The fourth-order valence-electron chi connectivity index (χ4n) is 9.63. The zero-order valence-electron chi connectivity index (χ0n) is 43.6. The molecule has 0 aromatic heterocycles. The SMILES string of the molecule is CCCCCCCCCCCCCCCCCCCCC(O)C(=O)N[C@@H](COP(=O)(O)O[C@H]1C(O)C(O)C(O)[C@@H](O)C1O[C@H]1O[C@H](CO)[C@@H](O)C(O)C1O)[C@H](O)CCCCCCCCCCCCCCC. The summed E-state index contributed by atoms with van der Waals surface area (Å²) in [7, 11) is -5.39. The van der Waals surface area contributed by atoms with Crippen LogP contribution in [0.4, 0.5) is 0 Å². The van der Waals surface area contributed by atoms with Gasteiger partial charge in [-0.1, -0.05) is 213 Å². The van der Waals surface area contributed by atoms with Crippen LogP contribution in [0.1, 0.15) is 226 Å². The maximum atomic E-state index is 13.5. The van der Waals surface area contributed by atoms with Gasteiger partial charge in [-0.15, -0.1) is 0 Å². The van der Waals surface area contributed by atoms with E-state index in [0.717, 1.165) is 51.4 Å². The largest absolute Gasteiger partial charge is 0.472 e. The van der Waals surface area contributed by atoms with Crippen molar-refractivity contribution in [2.75, 3.05) is 13.2 Å². The summed E-state index contributed by atoms with van der Waals surface area (Å²) in [5.41, 5.74) is 0. The Bertz CT molecular complexity index is 1360. The van der Waals surface area contributed by atoms with Gasteiger partial charge in [0.1, 0.15) is 67.1 Å². The average molecular weight is 1040 g/mol. The minimum atomic E-state index is -5.39. The number of hydrogen-bond acceptors (Lipinski definition) is 16. The molecule has 1 heterocycles. The van der Waals surface area contributed by atoms with Crippen LogP contribution >= 0.6 is 7.82 Å². The number of amides is 1. The van der Waals surface area contributed by atoms with Gasteiger partial charge >= 0.3 is 7.82 Å². The Morgan fingerprint density at radius 3 is 1.30 bits per heavy atom. The van der Waals surface area contributed by atoms with E-state index in [1.165, 1.54) is 135 Å². The molecule has 2 fully saturated rings. The van der Waals surface area contributed by atoms with Crippen LogP contribution in [-0.2, 0) is 27.9 Å². The summed E-state index contributed by atoms with van der Waals surface area (Å²) < 4.78 is 34.8. The average Bonchev–Trinajstić information content (AvgIpc) is 3.35. The molecule has 1 saturated heterocycles. The van der Waals surface area contributed by atoms with E-state index in [9.17, 15) is 65.3 Å². The molecule has 2 rings (SSSR count). The van der Waals surface area contributed by atoms with Gasteiger partial charge in [-0.05, 0) is 12.8 Å². The van der Waals surface area contributed by atoms with Gasteiger partial charge in [0.15, 0.2) is 6.29 Å². The summed E-state index contributed by atoms with van der Waals surface area (Å²) >= 11 is 0. The molecule has 0 spiro atoms. The van der Waals surface area contributed by atoms with Crippen molar-refractivity contribution in [3.8, 4) is 0 Å². The molecule has 0 aromatic rings. The van der Waals surface area contributed by atoms with E-state index in [4.69, 9.17) is 18.5 Å². The molecule has 0 aromatic carbocycles. The lowest BCUT2D eigenvalue weighted by atomic mass is 9.84. The monoisotopic (exact) mass is 1040 g/mol. The van der Waals surface area contributed by atoms with Crippen molar-refractivity contribution in [2.45, 2.75) is 311 Å². The normalized spacial score (nSPS) is 28.1. The van der Waals surface area contributed by atoms with Gasteiger partial charge in [-0.3, -0.25) is 13.8 Å². The van der Waals surface area contributed by atoms with Crippen LogP contribution in [-0.4, -0.2) is 161 Å². The molecule has 1 aliphatic heterocycles. The standard InChI is InChI=1S/C52H102NO17P/c1-3-5-7-9-11-13-15-17-18-19-20-21-23-25-27-29-31-33-35-40(56)51(64)53-38(39(55)34-32-30-28-26-24-22-16-14-12-10-8-6-4-2)37-67-71(65,66)70-50-47(62)45(60)44(59)46(61)49(50)69-52-48(63)43(58)42(57)41(36-54)68-52/h38-50,52,54-63H,3-37H2,1-2H3,(H,53,64)(H,65,66)/t38-,39+,40?,41+,42+,43?,44?,45?,46+,47?,48?,49?,50-,52+/m0/s1. The number of nitrogens with one attached hydrogen (secondary N) is 1. The molecular formula is C52H102NO17P. The summed E-state index contributed by atoms with van der Waals surface area (Å²) in [5, 5.41) is 108. The Hall–Kier alpha value is -0.900. The zero-order valence-corrected chi connectivity index (χ0v) is 44.5. The number of carbonyl (C=O) groups is 1. The topological polar surface area (TPSA) is 306 Å². The molecule has 71 heavy (non-hydrogen) atoms. The van der Waals surface area contributed by atoms with Gasteiger partial charge in [0.05, 0.1) is 25.4 Å². The van der Waals surface area contributed by atoms with Gasteiger partial charge in [0.25, 0.3) is 0 Å². The third-order valence-electron chi connectivity index (χ3n) is 14.4. The highest BCUT2D eigenvalue weighted by atomic mass is 31.2. The zero-order chi connectivity index (χ0) is 52.4. The molecule has 1 aliphatic carbocycles. The Morgan fingerprint density at radius 2 is 0.887 bits per heavy atom. The molecular weight excluding hydrogens is 942 g/mol. The number of phosphoric acid groups is 1. The van der Waals surface area contributed by atoms with Crippen molar-refractivity contribution >= 4 is 13.7 Å². The van der Waals surface area contributed by atoms with Crippen LogP contribution in [0.2, 0.25) is 0 Å². The van der Waals surface area contributed by atoms with Crippen LogP contribution in [0, 0.1) is 0 Å².